The summed E-state index contributed by atoms with van der Waals surface area (Å²) in [6, 6.07) is 6.24. The van der Waals surface area contributed by atoms with Crippen LogP contribution in [0.25, 0.3) is 0 Å². The minimum Gasteiger partial charge on any atom is -0.496 e. The van der Waals surface area contributed by atoms with Crippen molar-refractivity contribution in [2.45, 2.75) is 33.7 Å². The van der Waals surface area contributed by atoms with Gasteiger partial charge in [0.05, 0.1) is 7.11 Å². The molecular formula is C16H24BrNO. The highest BCUT2D eigenvalue weighted by Crippen LogP contribution is 2.35. The number of hydrogen-bond acceptors (Lipinski definition) is 2. The van der Waals surface area contributed by atoms with Crippen molar-refractivity contribution >= 4 is 15.9 Å². The standard InChI is InChI=1S/C16H24BrNO/c1-16(2,3)13-7-8-18(11-13)10-12-9-14(17)5-6-15(12)19-4/h5-6,9,13H,7-8,10-11H2,1-4H3. The van der Waals surface area contributed by atoms with Crippen LogP contribution in [0.1, 0.15) is 32.8 Å². The van der Waals surface area contributed by atoms with Gasteiger partial charge in [-0.1, -0.05) is 36.7 Å². The van der Waals surface area contributed by atoms with E-state index in [1.807, 2.05) is 12.1 Å². The molecule has 0 saturated carbocycles. The highest BCUT2D eigenvalue weighted by molar-refractivity contribution is 9.10. The van der Waals surface area contributed by atoms with Crippen molar-refractivity contribution in [3.05, 3.63) is 28.2 Å². The lowest BCUT2D eigenvalue weighted by atomic mass is 9.80. The molecule has 0 bridgehead atoms. The number of rotatable bonds is 3. The van der Waals surface area contributed by atoms with Crippen LogP contribution in [-0.2, 0) is 6.54 Å². The van der Waals surface area contributed by atoms with Gasteiger partial charge in [-0.25, -0.2) is 0 Å². The fourth-order valence-electron chi connectivity index (χ4n) is 2.79. The zero-order valence-corrected chi connectivity index (χ0v) is 14.0. The maximum Gasteiger partial charge on any atom is 0.123 e. The van der Waals surface area contributed by atoms with Gasteiger partial charge in [-0.15, -0.1) is 0 Å². The minimum absolute atomic E-state index is 0.413. The van der Waals surface area contributed by atoms with Crippen molar-refractivity contribution < 1.29 is 4.74 Å². The van der Waals surface area contributed by atoms with Crippen molar-refractivity contribution in [3.63, 3.8) is 0 Å². The SMILES string of the molecule is COc1ccc(Br)cc1CN1CCC(C(C)(C)C)C1. The van der Waals surface area contributed by atoms with Crippen molar-refractivity contribution in [3.8, 4) is 5.75 Å². The Balaban J connectivity index is 2.05. The van der Waals surface area contributed by atoms with Gasteiger partial charge in [-0.05, 0) is 42.5 Å². The number of ether oxygens (including phenoxy) is 1. The molecule has 1 aliphatic rings. The molecule has 1 saturated heterocycles. The summed E-state index contributed by atoms with van der Waals surface area (Å²) in [4.78, 5) is 2.54. The van der Waals surface area contributed by atoms with Gasteiger partial charge in [-0.3, -0.25) is 4.90 Å². The molecule has 1 atom stereocenters. The predicted molar refractivity (Wildman–Crippen MR) is 83.5 cm³/mol. The van der Waals surface area contributed by atoms with Crippen LogP contribution >= 0.6 is 15.9 Å². The first-order valence-electron chi connectivity index (χ1n) is 6.95. The molecule has 1 aromatic carbocycles. The second-order valence-electron chi connectivity index (χ2n) is 6.54. The van der Waals surface area contributed by atoms with Gasteiger partial charge in [0.2, 0.25) is 0 Å². The molecule has 0 aromatic heterocycles. The van der Waals surface area contributed by atoms with E-state index in [0.717, 1.165) is 22.7 Å². The van der Waals surface area contributed by atoms with E-state index >= 15 is 0 Å². The molecule has 0 radical (unpaired) electrons. The van der Waals surface area contributed by atoms with Crippen LogP contribution in [0.5, 0.6) is 5.75 Å². The van der Waals surface area contributed by atoms with E-state index in [9.17, 15) is 0 Å². The maximum atomic E-state index is 5.46. The number of halogens is 1. The summed E-state index contributed by atoms with van der Waals surface area (Å²) in [5, 5.41) is 0. The van der Waals surface area contributed by atoms with Crippen LogP contribution in [0.4, 0.5) is 0 Å². The average Bonchev–Trinajstić information content (AvgIpc) is 2.77. The highest BCUT2D eigenvalue weighted by Gasteiger charge is 2.31. The summed E-state index contributed by atoms with van der Waals surface area (Å²) in [5.74, 6) is 1.79. The van der Waals surface area contributed by atoms with E-state index in [4.69, 9.17) is 4.74 Å². The van der Waals surface area contributed by atoms with E-state index in [1.165, 1.54) is 25.1 Å². The first-order valence-corrected chi connectivity index (χ1v) is 7.74. The van der Waals surface area contributed by atoms with Crippen LogP contribution in [0.3, 0.4) is 0 Å². The summed E-state index contributed by atoms with van der Waals surface area (Å²) in [6.45, 7) is 10.4. The molecule has 0 aliphatic carbocycles. The van der Waals surface area contributed by atoms with Crippen molar-refractivity contribution in [1.29, 1.82) is 0 Å². The second-order valence-corrected chi connectivity index (χ2v) is 7.46. The van der Waals surface area contributed by atoms with E-state index in [0.29, 0.717) is 5.41 Å². The van der Waals surface area contributed by atoms with Gasteiger partial charge in [0.15, 0.2) is 0 Å². The summed E-state index contributed by atoms with van der Waals surface area (Å²) in [6.07, 6.45) is 1.31. The first-order chi connectivity index (χ1) is 8.90. The molecule has 1 unspecified atom stereocenters. The predicted octanol–water partition coefficient (Wildman–Crippen LogP) is 4.33. The molecule has 3 heteroatoms. The first kappa shape index (κ1) is 14.9. The largest absolute Gasteiger partial charge is 0.496 e. The van der Waals surface area contributed by atoms with E-state index in [2.05, 4.69) is 47.7 Å². The summed E-state index contributed by atoms with van der Waals surface area (Å²) in [5.41, 5.74) is 1.68. The Labute approximate surface area is 125 Å². The molecule has 1 aliphatic heterocycles. The Hall–Kier alpha value is -0.540. The molecule has 2 rings (SSSR count). The quantitative estimate of drug-likeness (QED) is 0.820. The Morgan fingerprint density at radius 2 is 2.11 bits per heavy atom. The summed E-state index contributed by atoms with van der Waals surface area (Å²) in [7, 11) is 1.74. The molecular weight excluding hydrogens is 302 g/mol. The Morgan fingerprint density at radius 1 is 1.37 bits per heavy atom. The van der Waals surface area contributed by atoms with Gasteiger partial charge < -0.3 is 4.74 Å². The lowest BCUT2D eigenvalue weighted by Crippen LogP contribution is -2.25. The van der Waals surface area contributed by atoms with Crippen LogP contribution in [0, 0.1) is 11.3 Å². The molecule has 19 heavy (non-hydrogen) atoms. The van der Waals surface area contributed by atoms with Crippen LogP contribution in [-0.4, -0.2) is 25.1 Å². The Bertz CT molecular complexity index is 439. The maximum absolute atomic E-state index is 5.46. The molecule has 1 aromatic rings. The molecule has 1 heterocycles. The molecule has 0 spiro atoms. The van der Waals surface area contributed by atoms with Crippen molar-refractivity contribution in [1.82, 2.24) is 4.90 Å². The fourth-order valence-corrected chi connectivity index (χ4v) is 3.20. The topological polar surface area (TPSA) is 12.5 Å². The zero-order chi connectivity index (χ0) is 14.0. The number of hydrogen-bond donors (Lipinski definition) is 0. The van der Waals surface area contributed by atoms with Crippen molar-refractivity contribution in [2.24, 2.45) is 11.3 Å². The lowest BCUT2D eigenvalue weighted by molar-refractivity contribution is 0.225. The second kappa shape index (κ2) is 5.84. The van der Waals surface area contributed by atoms with E-state index in [-0.39, 0.29) is 0 Å². The number of likely N-dealkylation sites (tertiary alicyclic amines) is 1. The monoisotopic (exact) mass is 325 g/mol. The number of nitrogens with zero attached hydrogens (tertiary/aromatic N) is 1. The van der Waals surface area contributed by atoms with E-state index in [1.54, 1.807) is 7.11 Å². The van der Waals surface area contributed by atoms with E-state index < -0.39 is 0 Å². The Morgan fingerprint density at radius 3 is 2.68 bits per heavy atom. The third-order valence-corrected chi connectivity index (χ3v) is 4.63. The minimum atomic E-state index is 0.413. The van der Waals surface area contributed by atoms with Crippen molar-refractivity contribution in [2.75, 3.05) is 20.2 Å². The summed E-state index contributed by atoms with van der Waals surface area (Å²) < 4.78 is 6.58. The van der Waals surface area contributed by atoms with Gasteiger partial charge in [0, 0.05) is 23.1 Å². The van der Waals surface area contributed by atoms with Gasteiger partial charge in [-0.2, -0.15) is 0 Å². The lowest BCUT2D eigenvalue weighted by Gasteiger charge is -2.27. The smallest absolute Gasteiger partial charge is 0.123 e. The average molecular weight is 326 g/mol. The van der Waals surface area contributed by atoms with Crippen LogP contribution < -0.4 is 4.74 Å². The molecule has 106 valence electrons. The van der Waals surface area contributed by atoms with Crippen LogP contribution in [0.15, 0.2) is 22.7 Å². The third kappa shape index (κ3) is 3.73. The van der Waals surface area contributed by atoms with Gasteiger partial charge in [0.25, 0.3) is 0 Å². The fraction of sp³-hybridized carbons (Fsp3) is 0.625. The molecule has 0 N–H and O–H groups in total. The molecule has 1 fully saturated rings. The summed E-state index contributed by atoms with van der Waals surface area (Å²) >= 11 is 3.54. The Kier molecular flexibility index (Phi) is 4.57. The number of methoxy groups -OCH3 is 1. The molecule has 2 nitrogen and oxygen atoms in total. The van der Waals surface area contributed by atoms with Gasteiger partial charge in [0.1, 0.15) is 5.75 Å². The third-order valence-electron chi connectivity index (χ3n) is 4.13. The normalized spacial score (nSPS) is 20.8. The van der Waals surface area contributed by atoms with Crippen LogP contribution in [0.2, 0.25) is 0 Å². The molecule has 0 amide bonds. The number of benzene rings is 1. The van der Waals surface area contributed by atoms with Gasteiger partial charge >= 0.3 is 0 Å². The highest BCUT2D eigenvalue weighted by atomic mass is 79.9. The zero-order valence-electron chi connectivity index (χ0n) is 12.4.